The van der Waals surface area contributed by atoms with Crippen molar-refractivity contribution in [3.63, 3.8) is 0 Å². The van der Waals surface area contributed by atoms with Gasteiger partial charge in [0.2, 0.25) is 17.7 Å². The number of anilines is 1. The van der Waals surface area contributed by atoms with Gasteiger partial charge in [-0.15, -0.1) is 0 Å². The molecule has 0 fully saturated rings. The van der Waals surface area contributed by atoms with Crippen molar-refractivity contribution in [1.82, 2.24) is 9.97 Å². The van der Waals surface area contributed by atoms with Gasteiger partial charge in [-0.25, -0.2) is 4.98 Å². The van der Waals surface area contributed by atoms with Crippen LogP contribution in [0.4, 0.5) is 5.95 Å². The van der Waals surface area contributed by atoms with Gasteiger partial charge in [0.25, 0.3) is 0 Å². The number of rotatable bonds is 5. The van der Waals surface area contributed by atoms with Crippen molar-refractivity contribution < 1.29 is 9.53 Å². The van der Waals surface area contributed by atoms with E-state index in [0.29, 0.717) is 5.88 Å². The third-order valence-electron chi connectivity index (χ3n) is 2.47. The summed E-state index contributed by atoms with van der Waals surface area (Å²) < 4.78 is 4.94. The predicted octanol–water partition coefficient (Wildman–Crippen LogP) is 2.51. The second-order valence-corrected chi connectivity index (χ2v) is 3.95. The second-order valence-electron chi connectivity index (χ2n) is 3.56. The Hall–Kier alpha value is -1.36. The Kier molecular flexibility index (Phi) is 5.15. The summed E-state index contributed by atoms with van der Waals surface area (Å²) in [5, 5.41) is 2.87. The van der Waals surface area contributed by atoms with Crippen molar-refractivity contribution >= 4 is 23.5 Å². The minimum Gasteiger partial charge on any atom is -0.481 e. The van der Waals surface area contributed by atoms with E-state index in [-0.39, 0.29) is 22.9 Å². The fraction of sp³-hybridized carbons (Fsp3) is 0.545. The summed E-state index contributed by atoms with van der Waals surface area (Å²) in [6, 6.07) is 1.48. The van der Waals surface area contributed by atoms with E-state index in [4.69, 9.17) is 16.3 Å². The molecule has 0 atom stereocenters. The normalized spacial score (nSPS) is 10.4. The fourth-order valence-corrected chi connectivity index (χ4v) is 1.60. The molecule has 0 aliphatic rings. The Balaban J connectivity index is 2.80. The van der Waals surface area contributed by atoms with Crippen LogP contribution in [0.1, 0.15) is 26.7 Å². The van der Waals surface area contributed by atoms with E-state index < -0.39 is 0 Å². The van der Waals surface area contributed by atoms with Gasteiger partial charge in [-0.3, -0.25) is 10.1 Å². The lowest BCUT2D eigenvalue weighted by molar-refractivity contribution is -0.120. The van der Waals surface area contributed by atoms with Crippen LogP contribution in [0.25, 0.3) is 0 Å². The molecule has 1 amide bonds. The molecule has 1 aromatic heterocycles. The molecular weight excluding hydrogens is 242 g/mol. The minimum atomic E-state index is -0.0979. The first-order valence-electron chi connectivity index (χ1n) is 5.50. The molecule has 6 heteroatoms. The quantitative estimate of drug-likeness (QED) is 0.824. The summed E-state index contributed by atoms with van der Waals surface area (Å²) >= 11 is 5.78. The largest absolute Gasteiger partial charge is 0.481 e. The average molecular weight is 258 g/mol. The maximum Gasteiger partial charge on any atom is 0.234 e. The van der Waals surface area contributed by atoms with Gasteiger partial charge in [-0.2, -0.15) is 4.98 Å². The summed E-state index contributed by atoms with van der Waals surface area (Å²) in [5.74, 6) is 0.360. The number of ether oxygens (including phenoxy) is 1. The highest BCUT2D eigenvalue weighted by Crippen LogP contribution is 2.17. The highest BCUT2D eigenvalue weighted by molar-refractivity contribution is 6.29. The molecule has 0 aliphatic heterocycles. The standard InChI is InChI=1S/C11H16ClN3O2/c1-4-7(5-2)10(16)15-11-13-8(12)6-9(14-11)17-3/h6-7H,4-5H2,1-3H3,(H,13,14,15,16). The summed E-state index contributed by atoms with van der Waals surface area (Å²) in [6.45, 7) is 3.93. The molecule has 1 rings (SSSR count). The smallest absolute Gasteiger partial charge is 0.234 e. The zero-order valence-electron chi connectivity index (χ0n) is 10.2. The van der Waals surface area contributed by atoms with Crippen LogP contribution in [0.2, 0.25) is 5.15 Å². The molecule has 1 aromatic rings. The Morgan fingerprint density at radius 1 is 1.47 bits per heavy atom. The molecule has 0 bridgehead atoms. The van der Waals surface area contributed by atoms with Crippen molar-refractivity contribution in [2.75, 3.05) is 12.4 Å². The highest BCUT2D eigenvalue weighted by Gasteiger charge is 2.16. The van der Waals surface area contributed by atoms with Crippen molar-refractivity contribution in [3.8, 4) is 5.88 Å². The lowest BCUT2D eigenvalue weighted by Gasteiger charge is -2.12. The van der Waals surface area contributed by atoms with Gasteiger partial charge in [0.1, 0.15) is 5.15 Å². The van der Waals surface area contributed by atoms with Gasteiger partial charge in [0, 0.05) is 12.0 Å². The number of aromatic nitrogens is 2. The van der Waals surface area contributed by atoms with E-state index in [1.807, 2.05) is 13.8 Å². The number of hydrogen-bond acceptors (Lipinski definition) is 4. The van der Waals surface area contributed by atoms with Gasteiger partial charge in [-0.05, 0) is 12.8 Å². The van der Waals surface area contributed by atoms with Crippen LogP contribution in [0, 0.1) is 5.92 Å². The van der Waals surface area contributed by atoms with E-state index >= 15 is 0 Å². The summed E-state index contributed by atoms with van der Waals surface area (Å²) in [5.41, 5.74) is 0. The molecule has 0 aliphatic carbocycles. The van der Waals surface area contributed by atoms with E-state index in [9.17, 15) is 4.79 Å². The van der Waals surface area contributed by atoms with Gasteiger partial charge >= 0.3 is 0 Å². The molecule has 0 saturated heterocycles. The molecule has 0 spiro atoms. The number of carbonyl (C=O) groups is 1. The van der Waals surface area contributed by atoms with Crippen LogP contribution in [0.3, 0.4) is 0 Å². The number of nitrogens with zero attached hydrogens (tertiary/aromatic N) is 2. The maximum atomic E-state index is 11.8. The SMILES string of the molecule is CCC(CC)C(=O)Nc1nc(Cl)cc(OC)n1. The molecule has 17 heavy (non-hydrogen) atoms. The van der Waals surface area contributed by atoms with E-state index in [1.165, 1.54) is 13.2 Å². The van der Waals surface area contributed by atoms with Crippen molar-refractivity contribution in [2.45, 2.75) is 26.7 Å². The first kappa shape index (κ1) is 13.7. The third kappa shape index (κ3) is 3.85. The average Bonchev–Trinajstić information content (AvgIpc) is 2.29. The summed E-state index contributed by atoms with van der Waals surface area (Å²) in [6.07, 6.45) is 1.56. The summed E-state index contributed by atoms with van der Waals surface area (Å²) in [4.78, 5) is 19.7. The first-order chi connectivity index (χ1) is 8.10. The minimum absolute atomic E-state index is 0.0384. The molecular formula is C11H16ClN3O2. The number of carbonyl (C=O) groups excluding carboxylic acids is 1. The van der Waals surface area contributed by atoms with Crippen molar-refractivity contribution in [3.05, 3.63) is 11.2 Å². The Labute approximate surface area is 106 Å². The van der Waals surface area contributed by atoms with Crippen molar-refractivity contribution in [2.24, 2.45) is 5.92 Å². The Morgan fingerprint density at radius 3 is 2.65 bits per heavy atom. The van der Waals surface area contributed by atoms with Gasteiger partial charge in [0.05, 0.1) is 7.11 Å². The molecule has 1 N–H and O–H groups in total. The monoisotopic (exact) mass is 257 g/mol. The predicted molar refractivity (Wildman–Crippen MR) is 66.3 cm³/mol. The topological polar surface area (TPSA) is 64.1 Å². The zero-order chi connectivity index (χ0) is 12.8. The number of amides is 1. The van der Waals surface area contributed by atoms with Crippen molar-refractivity contribution in [1.29, 1.82) is 0 Å². The van der Waals surface area contributed by atoms with E-state index in [2.05, 4.69) is 15.3 Å². The highest BCUT2D eigenvalue weighted by atomic mass is 35.5. The summed E-state index contributed by atoms with van der Waals surface area (Å²) in [7, 11) is 1.48. The Bertz CT molecular complexity index is 394. The number of hydrogen-bond donors (Lipinski definition) is 1. The van der Waals surface area contributed by atoms with Crippen LogP contribution >= 0.6 is 11.6 Å². The zero-order valence-corrected chi connectivity index (χ0v) is 10.9. The first-order valence-corrected chi connectivity index (χ1v) is 5.87. The Morgan fingerprint density at radius 2 is 2.12 bits per heavy atom. The van der Waals surface area contributed by atoms with E-state index in [1.54, 1.807) is 0 Å². The number of methoxy groups -OCH3 is 1. The van der Waals surface area contributed by atoms with Gasteiger partial charge in [-0.1, -0.05) is 25.4 Å². The molecule has 0 radical (unpaired) electrons. The molecule has 94 valence electrons. The molecule has 5 nitrogen and oxygen atoms in total. The molecule has 0 aromatic carbocycles. The van der Waals surface area contributed by atoms with E-state index in [0.717, 1.165) is 12.8 Å². The van der Waals surface area contributed by atoms with Crippen LogP contribution in [-0.2, 0) is 4.79 Å². The van der Waals surface area contributed by atoms with Crippen LogP contribution < -0.4 is 10.1 Å². The van der Waals surface area contributed by atoms with Crippen LogP contribution in [0.15, 0.2) is 6.07 Å². The number of halogens is 1. The van der Waals surface area contributed by atoms with Crippen LogP contribution in [0.5, 0.6) is 5.88 Å². The van der Waals surface area contributed by atoms with Crippen LogP contribution in [-0.4, -0.2) is 23.0 Å². The lowest BCUT2D eigenvalue weighted by atomic mass is 10.0. The molecule has 1 heterocycles. The fourth-order valence-electron chi connectivity index (χ4n) is 1.43. The second kappa shape index (κ2) is 6.39. The molecule has 0 unspecified atom stereocenters. The lowest BCUT2D eigenvalue weighted by Crippen LogP contribution is -2.23. The number of nitrogens with one attached hydrogen (secondary N) is 1. The third-order valence-corrected chi connectivity index (χ3v) is 2.67. The van der Waals surface area contributed by atoms with Gasteiger partial charge in [0.15, 0.2) is 0 Å². The molecule has 0 saturated carbocycles. The van der Waals surface area contributed by atoms with Gasteiger partial charge < -0.3 is 4.74 Å². The maximum absolute atomic E-state index is 11.8.